The number of carbonyl (C=O) groups is 1. The molecule has 0 spiro atoms. The predicted octanol–water partition coefficient (Wildman–Crippen LogP) is 2.65. The average Bonchev–Trinajstić information content (AvgIpc) is 2.37. The predicted molar refractivity (Wildman–Crippen MR) is 80.0 cm³/mol. The van der Waals surface area contributed by atoms with Crippen LogP contribution in [0.5, 0.6) is 5.75 Å². The van der Waals surface area contributed by atoms with E-state index in [2.05, 4.69) is 20.7 Å². The van der Waals surface area contributed by atoms with Gasteiger partial charge in [0, 0.05) is 10.5 Å². The number of nitrogens with one attached hydrogen (secondary N) is 1. The van der Waals surface area contributed by atoms with Crippen LogP contribution in [-0.4, -0.2) is 24.6 Å². The number of aromatic carboxylic acids is 1. The summed E-state index contributed by atoms with van der Waals surface area (Å²) in [5.74, 6) is -1.23. The van der Waals surface area contributed by atoms with E-state index in [1.165, 1.54) is 42.5 Å². The third-order valence-corrected chi connectivity index (χ3v) is 4.92. The molecule has 0 atom stereocenters. The van der Waals surface area contributed by atoms with Gasteiger partial charge in [0.1, 0.15) is 10.6 Å². The first kappa shape index (κ1) is 15.3. The van der Waals surface area contributed by atoms with Crippen LogP contribution in [0.1, 0.15) is 10.4 Å². The number of aromatic hydroxyl groups is 1. The second-order valence-electron chi connectivity index (χ2n) is 4.11. The molecule has 110 valence electrons. The number of hydrogen-bond donors (Lipinski definition) is 3. The lowest BCUT2D eigenvalue weighted by molar-refractivity contribution is 0.0696. The minimum atomic E-state index is -3.90. The van der Waals surface area contributed by atoms with Crippen molar-refractivity contribution in [3.63, 3.8) is 0 Å². The van der Waals surface area contributed by atoms with Gasteiger partial charge in [-0.3, -0.25) is 4.72 Å². The minimum Gasteiger partial charge on any atom is -0.508 e. The molecule has 0 aromatic heterocycles. The lowest BCUT2D eigenvalue weighted by atomic mass is 10.2. The average molecular weight is 372 g/mol. The third-order valence-electron chi connectivity index (χ3n) is 2.57. The Bertz CT molecular complexity index is 804. The van der Waals surface area contributed by atoms with Gasteiger partial charge in [-0.05, 0) is 46.3 Å². The Balaban J connectivity index is 2.38. The summed E-state index contributed by atoms with van der Waals surface area (Å²) in [6.45, 7) is 0. The Labute approximate surface area is 129 Å². The Kier molecular flexibility index (Phi) is 4.19. The van der Waals surface area contributed by atoms with E-state index in [4.69, 9.17) is 5.11 Å². The second-order valence-corrected chi connectivity index (χ2v) is 6.61. The zero-order valence-corrected chi connectivity index (χ0v) is 12.8. The molecule has 0 saturated heterocycles. The van der Waals surface area contributed by atoms with Gasteiger partial charge in [-0.25, -0.2) is 13.2 Å². The molecule has 21 heavy (non-hydrogen) atoms. The summed E-state index contributed by atoms with van der Waals surface area (Å²) in [4.78, 5) is 10.7. The fourth-order valence-corrected chi connectivity index (χ4v) is 3.76. The number of hydrogen-bond acceptors (Lipinski definition) is 4. The molecule has 8 heteroatoms. The van der Waals surface area contributed by atoms with Crippen LogP contribution in [0.4, 0.5) is 5.69 Å². The number of carboxylic acids is 1. The van der Waals surface area contributed by atoms with Gasteiger partial charge in [-0.2, -0.15) is 0 Å². The van der Waals surface area contributed by atoms with Crippen molar-refractivity contribution in [3.8, 4) is 5.75 Å². The molecule has 0 amide bonds. The van der Waals surface area contributed by atoms with Gasteiger partial charge >= 0.3 is 5.97 Å². The first-order valence-corrected chi connectivity index (χ1v) is 7.92. The molecular formula is C13H10BrNO5S. The Hall–Kier alpha value is -2.06. The first-order valence-electron chi connectivity index (χ1n) is 5.64. The van der Waals surface area contributed by atoms with E-state index in [-0.39, 0.29) is 26.4 Å². The van der Waals surface area contributed by atoms with E-state index in [9.17, 15) is 18.3 Å². The maximum absolute atomic E-state index is 12.2. The van der Waals surface area contributed by atoms with Crippen molar-refractivity contribution < 1.29 is 23.4 Å². The number of phenolic OH excluding ortho intramolecular Hbond substituents is 1. The van der Waals surface area contributed by atoms with E-state index >= 15 is 0 Å². The van der Waals surface area contributed by atoms with E-state index in [1.54, 1.807) is 0 Å². The number of rotatable bonds is 4. The monoisotopic (exact) mass is 371 g/mol. The molecular weight excluding hydrogens is 362 g/mol. The van der Waals surface area contributed by atoms with Gasteiger partial charge in [0.15, 0.2) is 0 Å². The summed E-state index contributed by atoms with van der Waals surface area (Å²) in [6, 6.07) is 9.25. The van der Waals surface area contributed by atoms with Crippen molar-refractivity contribution in [3.05, 3.63) is 52.5 Å². The van der Waals surface area contributed by atoms with Crippen LogP contribution in [-0.2, 0) is 10.0 Å². The van der Waals surface area contributed by atoms with Crippen molar-refractivity contribution in [2.45, 2.75) is 4.90 Å². The SMILES string of the molecule is O=C(O)c1ccc(S(=O)(=O)Nc2cccc(O)c2)c(Br)c1. The van der Waals surface area contributed by atoms with Gasteiger partial charge < -0.3 is 10.2 Å². The fraction of sp³-hybridized carbons (Fsp3) is 0. The number of benzene rings is 2. The highest BCUT2D eigenvalue weighted by atomic mass is 79.9. The van der Waals surface area contributed by atoms with Gasteiger partial charge in [-0.15, -0.1) is 0 Å². The number of halogens is 1. The molecule has 0 radical (unpaired) electrons. The molecule has 6 nitrogen and oxygen atoms in total. The van der Waals surface area contributed by atoms with E-state index in [1.807, 2.05) is 0 Å². The molecule has 0 fully saturated rings. The molecule has 2 aromatic carbocycles. The lowest BCUT2D eigenvalue weighted by Gasteiger charge is -2.10. The zero-order valence-electron chi connectivity index (χ0n) is 10.4. The van der Waals surface area contributed by atoms with Crippen LogP contribution in [0, 0.1) is 0 Å². The highest BCUT2D eigenvalue weighted by Gasteiger charge is 2.19. The van der Waals surface area contributed by atoms with Crippen molar-refractivity contribution >= 4 is 37.6 Å². The summed E-state index contributed by atoms with van der Waals surface area (Å²) < 4.78 is 26.9. The van der Waals surface area contributed by atoms with E-state index < -0.39 is 16.0 Å². The van der Waals surface area contributed by atoms with Gasteiger partial charge in [-0.1, -0.05) is 6.07 Å². The summed E-state index contributed by atoms with van der Waals surface area (Å²) in [7, 11) is -3.90. The second kappa shape index (κ2) is 5.74. The number of phenols is 1. The topological polar surface area (TPSA) is 104 Å². The van der Waals surface area contributed by atoms with Crippen LogP contribution in [0.2, 0.25) is 0 Å². The summed E-state index contributed by atoms with van der Waals surface area (Å²) >= 11 is 3.05. The highest BCUT2D eigenvalue weighted by molar-refractivity contribution is 9.10. The van der Waals surface area contributed by atoms with Crippen molar-refractivity contribution in [2.75, 3.05) is 4.72 Å². The van der Waals surface area contributed by atoms with Crippen LogP contribution >= 0.6 is 15.9 Å². The molecule has 0 saturated carbocycles. The van der Waals surface area contributed by atoms with Crippen LogP contribution < -0.4 is 4.72 Å². The molecule has 0 aliphatic carbocycles. The number of sulfonamides is 1. The molecule has 0 unspecified atom stereocenters. The quantitative estimate of drug-likeness (QED) is 0.766. The molecule has 0 heterocycles. The Morgan fingerprint density at radius 2 is 1.86 bits per heavy atom. The van der Waals surface area contributed by atoms with Crippen LogP contribution in [0.15, 0.2) is 51.8 Å². The molecule has 2 rings (SSSR count). The lowest BCUT2D eigenvalue weighted by Crippen LogP contribution is -2.14. The Morgan fingerprint density at radius 3 is 2.43 bits per heavy atom. The first-order chi connectivity index (χ1) is 9.79. The smallest absolute Gasteiger partial charge is 0.335 e. The third kappa shape index (κ3) is 3.53. The summed E-state index contributed by atoms with van der Waals surface area (Å²) in [5.41, 5.74) is 0.169. The normalized spacial score (nSPS) is 11.1. The maximum Gasteiger partial charge on any atom is 0.335 e. The van der Waals surface area contributed by atoms with Crippen molar-refractivity contribution in [2.24, 2.45) is 0 Å². The summed E-state index contributed by atoms with van der Waals surface area (Å²) in [6.07, 6.45) is 0. The molecule has 0 bridgehead atoms. The number of carboxylic acid groups (broad SMARTS) is 1. The van der Waals surface area contributed by atoms with Gasteiger partial charge in [0.05, 0.1) is 11.3 Å². The molecule has 2 aromatic rings. The fourth-order valence-electron chi connectivity index (χ4n) is 1.63. The standard InChI is InChI=1S/C13H10BrNO5S/c14-11-6-8(13(17)18)4-5-12(11)21(19,20)15-9-2-1-3-10(16)7-9/h1-7,15-16H,(H,17,18). The highest BCUT2D eigenvalue weighted by Crippen LogP contribution is 2.26. The van der Waals surface area contributed by atoms with Gasteiger partial charge in [0.25, 0.3) is 10.0 Å². The van der Waals surface area contributed by atoms with Crippen LogP contribution in [0.25, 0.3) is 0 Å². The van der Waals surface area contributed by atoms with Gasteiger partial charge in [0.2, 0.25) is 0 Å². The van der Waals surface area contributed by atoms with Crippen molar-refractivity contribution in [1.82, 2.24) is 0 Å². The maximum atomic E-state index is 12.2. The van der Waals surface area contributed by atoms with E-state index in [0.29, 0.717) is 0 Å². The zero-order chi connectivity index (χ0) is 15.6. The van der Waals surface area contributed by atoms with Crippen LogP contribution in [0.3, 0.4) is 0 Å². The number of anilines is 1. The van der Waals surface area contributed by atoms with Crippen molar-refractivity contribution in [1.29, 1.82) is 0 Å². The minimum absolute atomic E-state index is 0.0295. The summed E-state index contributed by atoms with van der Waals surface area (Å²) in [5, 5.41) is 18.2. The Morgan fingerprint density at radius 1 is 1.14 bits per heavy atom. The largest absolute Gasteiger partial charge is 0.508 e. The molecule has 0 aliphatic rings. The molecule has 3 N–H and O–H groups in total. The molecule has 0 aliphatic heterocycles. The van der Waals surface area contributed by atoms with E-state index in [0.717, 1.165) is 0 Å².